The molecule has 0 radical (unpaired) electrons. The summed E-state index contributed by atoms with van der Waals surface area (Å²) in [5, 5.41) is 46.2. The molecule has 6 N–H and O–H groups in total. The van der Waals surface area contributed by atoms with Crippen LogP contribution in [0.3, 0.4) is 0 Å². The van der Waals surface area contributed by atoms with E-state index in [1.54, 1.807) is 0 Å². The highest BCUT2D eigenvalue weighted by molar-refractivity contribution is 6.32. The molecule has 2 aliphatic rings. The van der Waals surface area contributed by atoms with E-state index in [1.165, 1.54) is 30.5 Å². The number of ether oxygens (including phenoxy) is 2. The number of rotatable bonds is 8. The maximum atomic E-state index is 13.4. The van der Waals surface area contributed by atoms with Crippen molar-refractivity contribution in [3.63, 3.8) is 0 Å². The lowest BCUT2D eigenvalue weighted by Gasteiger charge is -2.39. The fourth-order valence-corrected chi connectivity index (χ4v) is 5.17. The minimum atomic E-state index is -2.00. The maximum absolute atomic E-state index is 13.4. The zero-order chi connectivity index (χ0) is 30.7. The summed E-state index contributed by atoms with van der Waals surface area (Å²) in [7, 11) is 0. The summed E-state index contributed by atoms with van der Waals surface area (Å²) >= 11 is 12.2. The van der Waals surface area contributed by atoms with Gasteiger partial charge in [-0.15, -0.1) is 0 Å². The maximum Gasteiger partial charge on any atom is 0.335 e. The molecule has 0 bridgehead atoms. The predicted octanol–water partition coefficient (Wildman–Crippen LogP) is 1.97. The van der Waals surface area contributed by atoms with Gasteiger partial charge in [-0.05, 0) is 58.0 Å². The summed E-state index contributed by atoms with van der Waals surface area (Å²) in [6.45, 7) is 5.56. The molecule has 13 nitrogen and oxygen atoms in total. The summed E-state index contributed by atoms with van der Waals surface area (Å²) in [6, 6.07) is 5.84. The Hall–Kier alpha value is -3.04. The average Bonchev–Trinajstić information content (AvgIpc) is 2.95. The highest BCUT2D eigenvalue weighted by Crippen LogP contribution is 2.37. The van der Waals surface area contributed by atoms with Gasteiger partial charge in [0.15, 0.2) is 18.5 Å². The quantitative estimate of drug-likeness (QED) is 0.251. The van der Waals surface area contributed by atoms with Crippen LogP contribution in [0.15, 0.2) is 30.5 Å². The van der Waals surface area contributed by atoms with Crippen molar-refractivity contribution in [1.29, 1.82) is 0 Å². The van der Waals surface area contributed by atoms with Crippen LogP contribution in [-0.4, -0.2) is 97.9 Å². The van der Waals surface area contributed by atoms with Crippen LogP contribution in [0.4, 0.5) is 11.5 Å². The molecule has 3 heterocycles. The number of aliphatic hydroxyl groups excluding tert-OH is 3. The number of carboxylic acid groups (broad SMARTS) is 1. The number of aliphatic hydroxyl groups is 3. The topological polar surface area (TPSA) is 191 Å². The highest BCUT2D eigenvalue weighted by Gasteiger charge is 2.48. The first-order valence-corrected chi connectivity index (χ1v) is 14.0. The third-order valence-corrected chi connectivity index (χ3v) is 7.67. The molecule has 2 aliphatic heterocycles. The van der Waals surface area contributed by atoms with Crippen molar-refractivity contribution in [2.24, 2.45) is 5.92 Å². The number of carbonyl (C=O) groups excluding carboxylic acids is 2. The lowest BCUT2D eigenvalue weighted by atomic mass is 9.94. The number of pyridine rings is 1. The van der Waals surface area contributed by atoms with E-state index < -0.39 is 48.5 Å². The number of anilines is 2. The van der Waals surface area contributed by atoms with Crippen LogP contribution >= 0.6 is 23.2 Å². The summed E-state index contributed by atoms with van der Waals surface area (Å²) in [5.74, 6) is -3.19. The Morgan fingerprint density at radius 3 is 2.33 bits per heavy atom. The number of piperidine rings is 1. The van der Waals surface area contributed by atoms with Gasteiger partial charge in [0.05, 0.1) is 16.3 Å². The first kappa shape index (κ1) is 31.9. The number of nitrogens with one attached hydrogen (secondary N) is 2. The molecule has 4 rings (SSSR count). The molecule has 0 unspecified atom stereocenters. The predicted molar refractivity (Wildman–Crippen MR) is 152 cm³/mol. The van der Waals surface area contributed by atoms with E-state index >= 15 is 0 Å². The number of carbonyl (C=O) groups is 3. The Morgan fingerprint density at radius 2 is 1.74 bits per heavy atom. The fourth-order valence-electron chi connectivity index (χ4n) is 4.85. The van der Waals surface area contributed by atoms with Gasteiger partial charge in [0.25, 0.3) is 5.91 Å². The lowest BCUT2D eigenvalue weighted by Crippen LogP contribution is -2.61. The summed E-state index contributed by atoms with van der Waals surface area (Å²) in [4.78, 5) is 44.5. The lowest BCUT2D eigenvalue weighted by molar-refractivity contribution is -0.274. The smallest absolute Gasteiger partial charge is 0.335 e. The van der Waals surface area contributed by atoms with Crippen molar-refractivity contribution in [2.45, 2.75) is 63.4 Å². The number of hydrogen-bond acceptors (Lipinski definition) is 10. The third-order valence-electron chi connectivity index (χ3n) is 7.23. The minimum absolute atomic E-state index is 0.00729. The Balaban J connectivity index is 1.66. The van der Waals surface area contributed by atoms with Gasteiger partial charge in [-0.25, -0.2) is 9.78 Å². The number of amides is 2. The van der Waals surface area contributed by atoms with Crippen molar-refractivity contribution in [3.05, 3.63) is 46.1 Å². The Labute approximate surface area is 251 Å². The van der Waals surface area contributed by atoms with Crippen LogP contribution in [-0.2, 0) is 14.3 Å². The molecule has 1 aromatic heterocycles. The molecular formula is C27H32Cl2N4O9. The van der Waals surface area contributed by atoms with Crippen LogP contribution < -0.4 is 15.4 Å². The zero-order valence-corrected chi connectivity index (χ0v) is 24.2. The Kier molecular flexibility index (Phi) is 10.3. The van der Waals surface area contributed by atoms with Gasteiger partial charge in [-0.3, -0.25) is 9.59 Å². The molecule has 228 valence electrons. The van der Waals surface area contributed by atoms with E-state index in [2.05, 4.69) is 34.4 Å². The number of aromatic nitrogens is 1. The molecule has 5 atom stereocenters. The largest absolute Gasteiger partial charge is 0.480 e. The molecule has 2 saturated heterocycles. The average molecular weight is 627 g/mol. The molecule has 2 fully saturated rings. The standard InChI is InChI=1S/C27H32Cl2N4O9/c1-12(2)33-7-5-13(6-8-33)24(36)32-19-16(25(37)31-18-4-3-14(28)11-30-18)9-15(29)10-17(19)41-23-21(35)20(34)22(26(38)39)42-27(23)40/h3-4,9-13,20-23,27,34-35,40H,5-8H2,1-2H3,(H,32,36)(H,38,39)(H,30,31,37)/t20-,21-,22-,23+,27+/m0/s1. The second-order valence-corrected chi connectivity index (χ2v) is 11.3. The molecule has 0 aliphatic carbocycles. The van der Waals surface area contributed by atoms with Gasteiger partial charge in [-0.1, -0.05) is 23.2 Å². The van der Waals surface area contributed by atoms with Crippen molar-refractivity contribution >= 4 is 52.5 Å². The van der Waals surface area contributed by atoms with Crippen LogP contribution in [0.2, 0.25) is 10.0 Å². The monoisotopic (exact) mass is 626 g/mol. The van der Waals surface area contributed by atoms with Crippen molar-refractivity contribution in [2.75, 3.05) is 23.7 Å². The first-order valence-electron chi connectivity index (χ1n) is 13.3. The molecular weight excluding hydrogens is 595 g/mol. The van der Waals surface area contributed by atoms with Crippen LogP contribution in [0.5, 0.6) is 5.75 Å². The number of likely N-dealkylation sites (tertiary alicyclic amines) is 1. The van der Waals surface area contributed by atoms with Gasteiger partial charge < -0.3 is 45.4 Å². The van der Waals surface area contributed by atoms with E-state index in [0.29, 0.717) is 37.0 Å². The van der Waals surface area contributed by atoms with E-state index in [1.807, 2.05) is 0 Å². The summed E-state index contributed by atoms with van der Waals surface area (Å²) in [6.07, 6.45) is -7.04. The summed E-state index contributed by atoms with van der Waals surface area (Å²) < 4.78 is 10.7. The van der Waals surface area contributed by atoms with Crippen molar-refractivity contribution in [1.82, 2.24) is 9.88 Å². The first-order chi connectivity index (χ1) is 19.8. The number of halogens is 2. The molecule has 2 amide bonds. The van der Waals surface area contributed by atoms with Gasteiger partial charge in [0.1, 0.15) is 23.8 Å². The minimum Gasteiger partial charge on any atom is -0.480 e. The molecule has 0 saturated carbocycles. The van der Waals surface area contributed by atoms with Crippen molar-refractivity contribution < 1.29 is 44.3 Å². The molecule has 15 heteroatoms. The Bertz CT molecular complexity index is 1310. The third kappa shape index (κ3) is 7.29. The van der Waals surface area contributed by atoms with Gasteiger partial charge in [0.2, 0.25) is 5.91 Å². The zero-order valence-electron chi connectivity index (χ0n) is 22.7. The van der Waals surface area contributed by atoms with Gasteiger partial charge in [-0.2, -0.15) is 0 Å². The number of hydrogen-bond donors (Lipinski definition) is 6. The number of aliphatic carboxylic acids is 1. The number of nitrogens with zero attached hydrogens (tertiary/aromatic N) is 2. The van der Waals surface area contributed by atoms with Crippen LogP contribution in [0.1, 0.15) is 37.0 Å². The summed E-state index contributed by atoms with van der Waals surface area (Å²) in [5.41, 5.74) is -0.261. The normalized spacial score (nSPS) is 25.2. The fraction of sp³-hybridized carbons (Fsp3) is 0.481. The second kappa shape index (κ2) is 13.5. The van der Waals surface area contributed by atoms with E-state index in [9.17, 15) is 34.8 Å². The van der Waals surface area contributed by atoms with E-state index in [0.717, 1.165) is 0 Å². The van der Waals surface area contributed by atoms with Crippen LogP contribution in [0, 0.1) is 5.92 Å². The second-order valence-electron chi connectivity index (χ2n) is 10.4. The van der Waals surface area contributed by atoms with Gasteiger partial charge in [0, 0.05) is 29.2 Å². The van der Waals surface area contributed by atoms with Crippen molar-refractivity contribution in [3.8, 4) is 5.75 Å². The van der Waals surface area contributed by atoms with E-state index in [-0.39, 0.29) is 33.8 Å². The molecule has 42 heavy (non-hydrogen) atoms. The highest BCUT2D eigenvalue weighted by atomic mass is 35.5. The molecule has 1 aromatic carbocycles. The number of carboxylic acids is 1. The van der Waals surface area contributed by atoms with E-state index in [4.69, 9.17) is 32.7 Å². The SMILES string of the molecule is CC(C)N1CCC(C(=O)Nc2c(O[C@@H]3[C@@H](O)[C@H](O)[C@@H](C(=O)O)O[C@H]3O)cc(Cl)cc2C(=O)Nc2ccc(Cl)cn2)CC1. The van der Waals surface area contributed by atoms with Crippen LogP contribution in [0.25, 0.3) is 0 Å². The molecule has 0 spiro atoms. The number of benzene rings is 1. The Morgan fingerprint density at radius 1 is 1.05 bits per heavy atom. The van der Waals surface area contributed by atoms with Gasteiger partial charge >= 0.3 is 5.97 Å². The molecule has 2 aromatic rings.